The molecule has 1 N–H and O–H groups in total. The average molecular weight is 310 g/mol. The van der Waals surface area contributed by atoms with Crippen LogP contribution in [0.15, 0.2) is 36.9 Å². The number of halogens is 1. The highest BCUT2D eigenvalue weighted by Gasteiger charge is 2.38. The topological polar surface area (TPSA) is 21.3 Å². The molecule has 0 saturated heterocycles. The van der Waals surface area contributed by atoms with E-state index >= 15 is 0 Å². The van der Waals surface area contributed by atoms with Crippen LogP contribution in [-0.2, 0) is 4.43 Å². The summed E-state index contributed by atoms with van der Waals surface area (Å²) in [5, 5.41) is 3.54. The zero-order valence-corrected chi connectivity index (χ0v) is 15.1. The monoisotopic (exact) mass is 309 g/mol. The third-order valence-electron chi connectivity index (χ3n) is 4.26. The van der Waals surface area contributed by atoms with Gasteiger partial charge >= 0.3 is 0 Å². The fourth-order valence-electron chi connectivity index (χ4n) is 1.56. The van der Waals surface area contributed by atoms with Gasteiger partial charge in [0.15, 0.2) is 8.32 Å². The van der Waals surface area contributed by atoms with E-state index in [0.717, 1.165) is 5.69 Å². The third kappa shape index (κ3) is 4.97. The van der Waals surface area contributed by atoms with Gasteiger partial charge in [0.1, 0.15) is 5.82 Å². The van der Waals surface area contributed by atoms with Crippen molar-refractivity contribution in [2.75, 3.05) is 11.9 Å². The average Bonchev–Trinajstić information content (AvgIpc) is 2.38. The lowest BCUT2D eigenvalue weighted by molar-refractivity contribution is 0.248. The van der Waals surface area contributed by atoms with Crippen LogP contribution < -0.4 is 5.32 Å². The van der Waals surface area contributed by atoms with Crippen molar-refractivity contribution < 1.29 is 8.82 Å². The molecule has 0 aromatic heterocycles. The summed E-state index contributed by atoms with van der Waals surface area (Å²) in [4.78, 5) is 0. The van der Waals surface area contributed by atoms with Gasteiger partial charge in [0, 0.05) is 5.69 Å². The van der Waals surface area contributed by atoms with Crippen molar-refractivity contribution in [3.8, 4) is 0 Å². The zero-order chi connectivity index (χ0) is 16.3. The van der Waals surface area contributed by atoms with Crippen molar-refractivity contribution in [1.29, 1.82) is 0 Å². The summed E-state index contributed by atoms with van der Waals surface area (Å²) in [6, 6.07) is 6.34. The molecule has 0 aliphatic rings. The van der Waals surface area contributed by atoms with Gasteiger partial charge in [-0.15, -0.1) is 6.58 Å². The minimum Gasteiger partial charge on any atom is -0.414 e. The molecule has 21 heavy (non-hydrogen) atoms. The number of nitrogens with one attached hydrogen (secondary N) is 1. The molecule has 1 aromatic carbocycles. The van der Waals surface area contributed by atoms with Crippen molar-refractivity contribution in [1.82, 2.24) is 0 Å². The first-order chi connectivity index (χ1) is 9.49. The van der Waals surface area contributed by atoms with Gasteiger partial charge in [-0.2, -0.15) is 0 Å². The van der Waals surface area contributed by atoms with Crippen molar-refractivity contribution in [3.05, 3.63) is 42.7 Å². The Bertz CT molecular complexity index is 479. The van der Waals surface area contributed by atoms with Crippen molar-refractivity contribution in [2.45, 2.75) is 51.4 Å². The third-order valence-corrected chi connectivity index (χ3v) is 8.74. The van der Waals surface area contributed by atoms with Crippen LogP contribution in [0.3, 0.4) is 0 Å². The lowest BCUT2D eigenvalue weighted by atomic mass is 10.0. The van der Waals surface area contributed by atoms with Gasteiger partial charge < -0.3 is 9.74 Å². The first-order valence-electron chi connectivity index (χ1n) is 7.30. The molecular weight excluding hydrogens is 281 g/mol. The smallest absolute Gasteiger partial charge is 0.192 e. The fraction of sp³-hybridized carbons (Fsp3) is 0.529. The van der Waals surface area contributed by atoms with Gasteiger partial charge in [-0.3, -0.25) is 0 Å². The van der Waals surface area contributed by atoms with E-state index in [0.29, 0.717) is 6.61 Å². The molecule has 0 heterocycles. The zero-order valence-electron chi connectivity index (χ0n) is 14.1. The minimum absolute atomic E-state index is 0.172. The number of anilines is 1. The summed E-state index contributed by atoms with van der Waals surface area (Å²) in [5.41, 5.74) is 0.477. The van der Waals surface area contributed by atoms with E-state index in [4.69, 9.17) is 4.43 Å². The van der Waals surface area contributed by atoms with E-state index in [1.54, 1.807) is 12.1 Å². The Morgan fingerprint density at radius 3 is 2.14 bits per heavy atom. The summed E-state index contributed by atoms with van der Waals surface area (Å²) in [6.45, 7) is 17.6. The molecule has 1 atom stereocenters. The Labute approximate surface area is 129 Å². The summed E-state index contributed by atoms with van der Waals surface area (Å²) < 4.78 is 19.2. The minimum atomic E-state index is -1.80. The Balaban J connectivity index is 2.77. The molecule has 118 valence electrons. The lowest BCUT2D eigenvalue weighted by Gasteiger charge is -2.39. The second-order valence-electron chi connectivity index (χ2n) is 7.30. The number of hydrogen-bond donors (Lipinski definition) is 1. The SMILES string of the molecule is C=C[C@@](C)(CO[Si](C)(C)C(C)(C)C)Nc1ccc(F)cc1. The second-order valence-corrected chi connectivity index (χ2v) is 12.1. The van der Waals surface area contributed by atoms with Crippen LogP contribution in [-0.4, -0.2) is 20.5 Å². The van der Waals surface area contributed by atoms with Gasteiger partial charge in [0.2, 0.25) is 0 Å². The molecule has 0 radical (unpaired) electrons. The maximum Gasteiger partial charge on any atom is 0.192 e. The van der Waals surface area contributed by atoms with Crippen molar-refractivity contribution in [3.63, 3.8) is 0 Å². The number of benzene rings is 1. The van der Waals surface area contributed by atoms with Gasteiger partial charge in [-0.25, -0.2) is 4.39 Å². The van der Waals surface area contributed by atoms with Gasteiger partial charge in [0.25, 0.3) is 0 Å². The molecule has 1 aromatic rings. The Morgan fingerprint density at radius 2 is 1.71 bits per heavy atom. The highest BCUT2D eigenvalue weighted by molar-refractivity contribution is 6.74. The standard InChI is InChI=1S/C17H28FNOSi/c1-8-17(5,13-20-21(6,7)16(2,3)4)19-15-11-9-14(18)10-12-15/h8-12,19H,1,13H2,2-7H3/t17-/m0/s1. The molecule has 0 amide bonds. The molecule has 0 spiro atoms. The molecule has 1 rings (SSSR count). The van der Waals surface area contributed by atoms with Crippen molar-refractivity contribution >= 4 is 14.0 Å². The molecule has 0 aliphatic heterocycles. The number of rotatable bonds is 6. The van der Waals surface area contributed by atoms with Gasteiger partial charge in [0.05, 0.1) is 12.1 Å². The van der Waals surface area contributed by atoms with E-state index in [1.807, 2.05) is 13.0 Å². The molecule has 0 bridgehead atoms. The lowest BCUT2D eigenvalue weighted by Crippen LogP contribution is -2.47. The summed E-state index contributed by atoms with van der Waals surface area (Å²) >= 11 is 0. The predicted octanol–water partition coefficient (Wildman–Crippen LogP) is 5.20. The quantitative estimate of drug-likeness (QED) is 0.576. The maximum absolute atomic E-state index is 13.0. The molecular formula is C17H28FNOSi. The van der Waals surface area contributed by atoms with Gasteiger partial charge in [-0.05, 0) is 49.3 Å². The van der Waals surface area contributed by atoms with E-state index in [2.05, 4.69) is 45.8 Å². The second kappa shape index (κ2) is 6.32. The van der Waals surface area contributed by atoms with E-state index in [-0.39, 0.29) is 16.4 Å². The largest absolute Gasteiger partial charge is 0.414 e. The van der Waals surface area contributed by atoms with Crippen molar-refractivity contribution in [2.24, 2.45) is 0 Å². The predicted molar refractivity (Wildman–Crippen MR) is 91.8 cm³/mol. The van der Waals surface area contributed by atoms with Crippen LogP contribution in [0.4, 0.5) is 10.1 Å². The Morgan fingerprint density at radius 1 is 1.19 bits per heavy atom. The fourth-order valence-corrected chi connectivity index (χ4v) is 2.65. The van der Waals surface area contributed by atoms with Crippen LogP contribution in [0.25, 0.3) is 0 Å². The van der Waals surface area contributed by atoms with E-state index < -0.39 is 8.32 Å². The maximum atomic E-state index is 13.0. The van der Waals surface area contributed by atoms with E-state index in [9.17, 15) is 4.39 Å². The summed E-state index contributed by atoms with van der Waals surface area (Å²) in [5.74, 6) is -0.238. The Hall–Kier alpha value is -1.13. The van der Waals surface area contributed by atoms with Crippen LogP contribution in [0, 0.1) is 5.82 Å². The molecule has 0 saturated carbocycles. The number of hydrogen-bond acceptors (Lipinski definition) is 2. The van der Waals surface area contributed by atoms with Crippen LogP contribution in [0.2, 0.25) is 18.1 Å². The molecule has 0 aliphatic carbocycles. The highest BCUT2D eigenvalue weighted by Crippen LogP contribution is 2.37. The first kappa shape index (κ1) is 17.9. The van der Waals surface area contributed by atoms with Gasteiger partial charge in [-0.1, -0.05) is 26.8 Å². The summed E-state index contributed by atoms with van der Waals surface area (Å²) in [6.07, 6.45) is 1.85. The molecule has 0 unspecified atom stereocenters. The van der Waals surface area contributed by atoms with Crippen LogP contribution in [0.5, 0.6) is 0 Å². The Kier molecular flexibility index (Phi) is 5.39. The van der Waals surface area contributed by atoms with E-state index in [1.165, 1.54) is 12.1 Å². The highest BCUT2D eigenvalue weighted by atomic mass is 28.4. The molecule has 2 nitrogen and oxygen atoms in total. The molecule has 0 fully saturated rings. The normalized spacial score (nSPS) is 15.4. The van der Waals surface area contributed by atoms with Crippen LogP contribution in [0.1, 0.15) is 27.7 Å². The summed E-state index contributed by atoms with van der Waals surface area (Å²) in [7, 11) is -1.80. The molecule has 4 heteroatoms. The first-order valence-corrected chi connectivity index (χ1v) is 10.2. The van der Waals surface area contributed by atoms with Crippen LogP contribution >= 0.6 is 0 Å².